The van der Waals surface area contributed by atoms with Crippen LogP contribution in [-0.2, 0) is 11.3 Å². The minimum Gasteiger partial charge on any atom is -0.370 e. The number of carbonyl (C=O) groups is 1. The molecule has 1 N–H and O–H groups in total. The maximum Gasteiger partial charge on any atom is 0.251 e. The number of fused-ring (bicyclic) bond motifs is 1. The Hall–Kier alpha value is -1.76. The molecule has 6 heteroatoms. The number of nitrogens with one attached hydrogen (secondary N) is 1. The number of likely N-dealkylation sites (tertiary alicyclic amines) is 1. The van der Waals surface area contributed by atoms with Crippen LogP contribution in [0.25, 0.3) is 0 Å². The van der Waals surface area contributed by atoms with Crippen molar-refractivity contribution in [3.8, 4) is 0 Å². The number of ether oxygens (including phenoxy) is 1. The van der Waals surface area contributed by atoms with Crippen LogP contribution in [0, 0.1) is 11.8 Å². The summed E-state index contributed by atoms with van der Waals surface area (Å²) in [6, 6.07) is 9.46. The summed E-state index contributed by atoms with van der Waals surface area (Å²) in [4.78, 5) is 14.9. The van der Waals surface area contributed by atoms with Crippen molar-refractivity contribution in [1.29, 1.82) is 0 Å². The summed E-state index contributed by atoms with van der Waals surface area (Å²) in [6.07, 6.45) is 4.55. The monoisotopic (exact) mass is 369 g/mol. The van der Waals surface area contributed by atoms with E-state index in [9.17, 15) is 4.79 Å². The number of rotatable bonds is 5. The molecule has 3 fully saturated rings. The summed E-state index contributed by atoms with van der Waals surface area (Å²) in [5, 5.41) is 5.28. The van der Waals surface area contributed by atoms with E-state index in [4.69, 9.17) is 4.74 Å². The number of benzene rings is 1. The number of nitrogens with zero attached hydrogens (tertiary/aromatic N) is 2. The van der Waals surface area contributed by atoms with Crippen molar-refractivity contribution >= 4 is 17.4 Å². The van der Waals surface area contributed by atoms with Crippen LogP contribution in [0.3, 0.4) is 0 Å². The molecule has 0 radical (unpaired) electrons. The minimum atomic E-state index is 0.0102. The van der Waals surface area contributed by atoms with Crippen molar-refractivity contribution in [1.82, 2.24) is 14.6 Å². The van der Waals surface area contributed by atoms with Gasteiger partial charge in [-0.1, -0.05) is 18.2 Å². The van der Waals surface area contributed by atoms with E-state index in [2.05, 4.69) is 20.0 Å². The number of hydrogen-bond donors (Lipinski definition) is 1. The van der Waals surface area contributed by atoms with Gasteiger partial charge in [0.15, 0.2) is 0 Å². The third kappa shape index (κ3) is 2.76. The second kappa shape index (κ2) is 6.44. The third-order valence-corrected chi connectivity index (χ3v) is 6.91. The van der Waals surface area contributed by atoms with E-state index in [-0.39, 0.29) is 11.5 Å². The molecule has 1 spiro atoms. The highest BCUT2D eigenvalue weighted by Crippen LogP contribution is 2.54. The average Bonchev–Trinajstić information content (AvgIpc) is 3.42. The van der Waals surface area contributed by atoms with E-state index in [1.807, 2.05) is 36.5 Å². The van der Waals surface area contributed by atoms with Crippen LogP contribution in [0.2, 0.25) is 0 Å². The number of carbonyl (C=O) groups excluding carboxylic acids is 1. The summed E-state index contributed by atoms with van der Waals surface area (Å²) in [6.45, 7) is 3.72. The first-order valence-corrected chi connectivity index (χ1v) is 10.2. The van der Waals surface area contributed by atoms with Crippen LogP contribution in [0.4, 0.5) is 0 Å². The second-order valence-electron chi connectivity index (χ2n) is 7.81. The maximum absolute atomic E-state index is 12.4. The van der Waals surface area contributed by atoms with Gasteiger partial charge in [-0.05, 0) is 42.1 Å². The topological polar surface area (TPSA) is 54.5 Å². The normalized spacial score (nSPS) is 32.7. The van der Waals surface area contributed by atoms with Gasteiger partial charge in [-0.25, -0.2) is 4.37 Å². The molecule has 3 saturated heterocycles. The van der Waals surface area contributed by atoms with Crippen LogP contribution in [-0.4, -0.2) is 46.5 Å². The molecule has 3 aliphatic heterocycles. The molecule has 26 heavy (non-hydrogen) atoms. The summed E-state index contributed by atoms with van der Waals surface area (Å²) in [7, 11) is 0. The maximum atomic E-state index is 12.4. The Morgan fingerprint density at radius 1 is 1.38 bits per heavy atom. The van der Waals surface area contributed by atoms with E-state index in [0.717, 1.165) is 38.0 Å². The van der Waals surface area contributed by atoms with Gasteiger partial charge in [0.05, 0.1) is 11.7 Å². The standard InChI is InChI=1S/C20H23N3O2S/c24-19(15-4-2-1-3-5-15)21-9-16-17-11-23(10-14-8-22-26-12-14)13-20(17)7-6-18(16)25-20/h1-5,8,12,16-18H,6-7,9-11,13H2,(H,21,24)/t16-,17+,18+,20+/m0/s1. The zero-order chi connectivity index (χ0) is 17.6. The molecular weight excluding hydrogens is 346 g/mol. The lowest BCUT2D eigenvalue weighted by molar-refractivity contribution is 0.00213. The molecule has 2 aromatic rings. The van der Waals surface area contributed by atoms with Crippen molar-refractivity contribution in [3.05, 3.63) is 53.0 Å². The molecule has 3 aliphatic rings. The number of amides is 1. The van der Waals surface area contributed by atoms with Gasteiger partial charge >= 0.3 is 0 Å². The lowest BCUT2D eigenvalue weighted by Gasteiger charge is -2.29. The molecule has 1 aromatic heterocycles. The Labute approximate surface area is 157 Å². The summed E-state index contributed by atoms with van der Waals surface area (Å²) in [5.41, 5.74) is 2.02. The van der Waals surface area contributed by atoms with Crippen molar-refractivity contribution in [2.75, 3.05) is 19.6 Å². The molecule has 1 amide bonds. The molecule has 1 aromatic carbocycles. The molecule has 5 nitrogen and oxygen atoms in total. The Bertz CT molecular complexity index is 782. The lowest BCUT2D eigenvalue weighted by Crippen LogP contribution is -2.41. The molecule has 0 aliphatic carbocycles. The molecule has 136 valence electrons. The van der Waals surface area contributed by atoms with Crippen molar-refractivity contribution in [2.45, 2.75) is 31.1 Å². The largest absolute Gasteiger partial charge is 0.370 e. The first-order chi connectivity index (χ1) is 12.7. The van der Waals surface area contributed by atoms with Gasteiger partial charge in [-0.2, -0.15) is 0 Å². The Balaban J connectivity index is 1.25. The second-order valence-corrected chi connectivity index (χ2v) is 8.47. The van der Waals surface area contributed by atoms with Gasteiger partial charge in [-0.3, -0.25) is 9.69 Å². The summed E-state index contributed by atoms with van der Waals surface area (Å²) in [5.74, 6) is 0.951. The van der Waals surface area contributed by atoms with Crippen LogP contribution in [0.15, 0.2) is 41.9 Å². The highest BCUT2D eigenvalue weighted by atomic mass is 32.1. The zero-order valence-corrected chi connectivity index (χ0v) is 15.5. The van der Waals surface area contributed by atoms with Gasteiger partial charge in [0.1, 0.15) is 0 Å². The highest BCUT2D eigenvalue weighted by Gasteiger charge is 2.62. The van der Waals surface area contributed by atoms with Gasteiger partial charge < -0.3 is 10.1 Å². The van der Waals surface area contributed by atoms with Gasteiger partial charge in [-0.15, -0.1) is 0 Å². The Kier molecular flexibility index (Phi) is 4.07. The van der Waals surface area contributed by atoms with Gasteiger partial charge in [0.2, 0.25) is 0 Å². The fourth-order valence-corrected chi connectivity index (χ4v) is 5.67. The van der Waals surface area contributed by atoms with E-state index in [1.54, 1.807) is 0 Å². The summed E-state index contributed by atoms with van der Waals surface area (Å²) >= 11 is 1.51. The van der Waals surface area contributed by atoms with E-state index >= 15 is 0 Å². The SMILES string of the molecule is O=C(NC[C@H]1[C@H]2CN(Cc3cnsc3)C[C@]23CC[C@H]1O3)c1ccccc1. The molecule has 4 heterocycles. The van der Waals surface area contributed by atoms with Crippen LogP contribution in [0.1, 0.15) is 28.8 Å². The zero-order valence-electron chi connectivity index (χ0n) is 14.6. The smallest absolute Gasteiger partial charge is 0.251 e. The fraction of sp³-hybridized carbons (Fsp3) is 0.500. The molecule has 5 rings (SSSR count). The Morgan fingerprint density at radius 2 is 2.27 bits per heavy atom. The summed E-state index contributed by atoms with van der Waals surface area (Å²) < 4.78 is 10.7. The predicted molar refractivity (Wildman–Crippen MR) is 100.0 cm³/mol. The average molecular weight is 369 g/mol. The highest BCUT2D eigenvalue weighted by molar-refractivity contribution is 7.03. The Morgan fingerprint density at radius 3 is 3.08 bits per heavy atom. The fourth-order valence-electron chi connectivity index (χ4n) is 5.15. The van der Waals surface area contributed by atoms with Crippen molar-refractivity contribution in [3.63, 3.8) is 0 Å². The number of aromatic nitrogens is 1. The predicted octanol–water partition coefficient (Wildman–Crippen LogP) is 2.55. The van der Waals surface area contributed by atoms with Crippen molar-refractivity contribution in [2.24, 2.45) is 11.8 Å². The quantitative estimate of drug-likeness (QED) is 0.880. The number of hydrogen-bond acceptors (Lipinski definition) is 5. The van der Waals surface area contributed by atoms with E-state index in [0.29, 0.717) is 24.5 Å². The molecule has 0 unspecified atom stereocenters. The van der Waals surface area contributed by atoms with E-state index in [1.165, 1.54) is 17.1 Å². The van der Waals surface area contributed by atoms with Crippen LogP contribution < -0.4 is 5.32 Å². The van der Waals surface area contributed by atoms with Crippen LogP contribution >= 0.6 is 11.5 Å². The lowest BCUT2D eigenvalue weighted by atomic mass is 9.73. The first kappa shape index (κ1) is 16.4. The first-order valence-electron chi connectivity index (χ1n) is 9.35. The molecule has 4 atom stereocenters. The molecule has 0 saturated carbocycles. The minimum absolute atomic E-state index is 0.0102. The van der Waals surface area contributed by atoms with Gasteiger partial charge in [0, 0.05) is 55.2 Å². The molecular formula is C20H23N3O2S. The van der Waals surface area contributed by atoms with Crippen molar-refractivity contribution < 1.29 is 9.53 Å². The third-order valence-electron chi connectivity index (χ3n) is 6.28. The molecule has 2 bridgehead atoms. The van der Waals surface area contributed by atoms with E-state index < -0.39 is 0 Å². The van der Waals surface area contributed by atoms with Crippen LogP contribution in [0.5, 0.6) is 0 Å². The van der Waals surface area contributed by atoms with Gasteiger partial charge in [0.25, 0.3) is 5.91 Å².